The predicted octanol–water partition coefficient (Wildman–Crippen LogP) is -0.845. The fourth-order valence-corrected chi connectivity index (χ4v) is 1.28. The molecule has 0 bridgehead atoms. The monoisotopic (exact) mass is 182 g/mol. The molecule has 1 unspecified atom stereocenters. The Morgan fingerprint density at radius 1 is 1.38 bits per heavy atom. The maximum atomic E-state index is 11.4. The number of nitrogens with zero attached hydrogens (tertiary/aromatic N) is 2. The number of ether oxygens (including phenoxy) is 1. The van der Waals surface area contributed by atoms with Gasteiger partial charge in [0.05, 0.1) is 12.3 Å². The van der Waals surface area contributed by atoms with Gasteiger partial charge in [-0.2, -0.15) is 0 Å². The van der Waals surface area contributed by atoms with Crippen LogP contribution < -0.4 is 11.2 Å². The molecule has 1 aromatic rings. The number of rotatable bonds is 1. The third kappa shape index (κ3) is 1.21. The summed E-state index contributed by atoms with van der Waals surface area (Å²) in [6.45, 7) is 0.598. The smallest absolute Gasteiger partial charge is 0.330 e. The summed E-state index contributed by atoms with van der Waals surface area (Å²) in [4.78, 5) is 22.7. The second-order valence-electron chi connectivity index (χ2n) is 3.13. The molecular weight excluding hydrogens is 172 g/mol. The number of epoxide rings is 1. The molecule has 2 heterocycles. The lowest BCUT2D eigenvalue weighted by atomic mass is 10.3. The van der Waals surface area contributed by atoms with Gasteiger partial charge >= 0.3 is 5.69 Å². The summed E-state index contributed by atoms with van der Waals surface area (Å²) < 4.78 is 7.54. The second kappa shape index (κ2) is 2.56. The summed E-state index contributed by atoms with van der Waals surface area (Å²) in [5, 5.41) is 0. The van der Waals surface area contributed by atoms with Gasteiger partial charge < -0.3 is 4.74 Å². The molecule has 1 aliphatic rings. The van der Waals surface area contributed by atoms with Crippen LogP contribution in [-0.2, 0) is 18.8 Å². The van der Waals surface area contributed by atoms with Crippen LogP contribution in [0.25, 0.3) is 0 Å². The Bertz CT molecular complexity index is 453. The van der Waals surface area contributed by atoms with Crippen molar-refractivity contribution < 1.29 is 4.74 Å². The van der Waals surface area contributed by atoms with E-state index in [0.29, 0.717) is 12.3 Å². The van der Waals surface area contributed by atoms with Gasteiger partial charge in [0.1, 0.15) is 6.10 Å². The van der Waals surface area contributed by atoms with Crippen LogP contribution in [0.4, 0.5) is 0 Å². The lowest BCUT2D eigenvalue weighted by Gasteiger charge is -2.05. The van der Waals surface area contributed by atoms with E-state index in [-0.39, 0.29) is 17.4 Å². The van der Waals surface area contributed by atoms with E-state index in [2.05, 4.69) is 0 Å². The molecule has 0 aliphatic carbocycles. The van der Waals surface area contributed by atoms with Crippen LogP contribution in [0.3, 0.4) is 0 Å². The summed E-state index contributed by atoms with van der Waals surface area (Å²) in [5.41, 5.74) is 0.0692. The first-order valence-electron chi connectivity index (χ1n) is 4.00. The van der Waals surface area contributed by atoms with Crippen molar-refractivity contribution in [3.05, 3.63) is 32.6 Å². The van der Waals surface area contributed by atoms with Crippen molar-refractivity contribution in [1.29, 1.82) is 0 Å². The summed E-state index contributed by atoms with van der Waals surface area (Å²) >= 11 is 0. The highest BCUT2D eigenvalue weighted by Crippen LogP contribution is 2.27. The number of aromatic nitrogens is 2. The molecule has 1 aliphatic heterocycles. The maximum Gasteiger partial charge on any atom is 0.330 e. The van der Waals surface area contributed by atoms with Gasteiger partial charge in [-0.05, 0) is 0 Å². The zero-order valence-corrected chi connectivity index (χ0v) is 7.48. The Labute approximate surface area is 74.2 Å². The molecule has 0 amide bonds. The van der Waals surface area contributed by atoms with Gasteiger partial charge in [-0.1, -0.05) is 0 Å². The Morgan fingerprint density at radius 2 is 2.00 bits per heavy atom. The fraction of sp³-hybridized carbons (Fsp3) is 0.500. The van der Waals surface area contributed by atoms with Crippen LogP contribution in [0, 0.1) is 0 Å². The second-order valence-corrected chi connectivity index (χ2v) is 3.13. The van der Waals surface area contributed by atoms with Gasteiger partial charge in [0.25, 0.3) is 5.56 Å². The first-order chi connectivity index (χ1) is 6.11. The molecule has 70 valence electrons. The van der Waals surface area contributed by atoms with E-state index in [4.69, 9.17) is 4.74 Å². The zero-order valence-electron chi connectivity index (χ0n) is 7.48. The van der Waals surface area contributed by atoms with Crippen molar-refractivity contribution in [3.8, 4) is 0 Å². The van der Waals surface area contributed by atoms with Gasteiger partial charge in [-0.25, -0.2) is 4.79 Å². The standard InChI is InChI=1S/C8H10N2O3/c1-9-5(6-4-13-6)3-7(11)10(2)8(9)12/h3,6H,4H2,1-2H3. The predicted molar refractivity (Wildman–Crippen MR) is 45.6 cm³/mol. The average Bonchev–Trinajstić information content (AvgIpc) is 2.91. The summed E-state index contributed by atoms with van der Waals surface area (Å²) in [6, 6.07) is 1.44. The molecule has 2 rings (SSSR count). The Balaban J connectivity index is 2.72. The van der Waals surface area contributed by atoms with Crippen molar-refractivity contribution in [2.24, 2.45) is 14.1 Å². The van der Waals surface area contributed by atoms with Gasteiger partial charge in [-0.15, -0.1) is 0 Å². The first-order valence-corrected chi connectivity index (χ1v) is 4.00. The lowest BCUT2D eigenvalue weighted by Crippen LogP contribution is -2.37. The number of hydrogen-bond donors (Lipinski definition) is 0. The summed E-state index contributed by atoms with van der Waals surface area (Å²) in [7, 11) is 3.10. The number of hydrogen-bond acceptors (Lipinski definition) is 3. The molecule has 0 saturated carbocycles. The van der Waals surface area contributed by atoms with Gasteiger partial charge in [-0.3, -0.25) is 13.9 Å². The minimum Gasteiger partial charge on any atom is -0.366 e. The van der Waals surface area contributed by atoms with E-state index in [1.807, 2.05) is 0 Å². The highest BCUT2D eigenvalue weighted by Gasteiger charge is 2.28. The minimum atomic E-state index is -0.307. The van der Waals surface area contributed by atoms with Crippen LogP contribution in [0.2, 0.25) is 0 Å². The topological polar surface area (TPSA) is 56.5 Å². The molecular formula is C8H10N2O3. The summed E-state index contributed by atoms with van der Waals surface area (Å²) in [6.07, 6.45) is -0.0633. The molecule has 0 aromatic carbocycles. The van der Waals surface area contributed by atoms with Crippen molar-refractivity contribution in [3.63, 3.8) is 0 Å². The largest absolute Gasteiger partial charge is 0.366 e. The van der Waals surface area contributed by atoms with E-state index in [0.717, 1.165) is 4.57 Å². The van der Waals surface area contributed by atoms with Crippen LogP contribution >= 0.6 is 0 Å². The molecule has 1 saturated heterocycles. The van der Waals surface area contributed by atoms with Crippen LogP contribution in [0.5, 0.6) is 0 Å². The quantitative estimate of drug-likeness (QED) is 0.532. The van der Waals surface area contributed by atoms with Gasteiger partial charge in [0.15, 0.2) is 0 Å². The molecule has 0 N–H and O–H groups in total. The molecule has 1 fully saturated rings. The highest BCUT2D eigenvalue weighted by atomic mass is 16.6. The van der Waals surface area contributed by atoms with Crippen molar-refractivity contribution in [1.82, 2.24) is 9.13 Å². The van der Waals surface area contributed by atoms with E-state index in [1.165, 1.54) is 17.7 Å². The first kappa shape index (κ1) is 8.25. The van der Waals surface area contributed by atoms with Crippen molar-refractivity contribution in [2.75, 3.05) is 6.61 Å². The molecule has 1 atom stereocenters. The van der Waals surface area contributed by atoms with Crippen LogP contribution in [-0.4, -0.2) is 15.7 Å². The van der Waals surface area contributed by atoms with Crippen molar-refractivity contribution >= 4 is 0 Å². The average molecular weight is 182 g/mol. The molecule has 1 aromatic heterocycles. The van der Waals surface area contributed by atoms with Gasteiger partial charge in [0.2, 0.25) is 0 Å². The maximum absolute atomic E-state index is 11.4. The Hall–Kier alpha value is -1.36. The molecule has 0 spiro atoms. The SMILES string of the molecule is Cn1c(C2CO2)cc(=O)n(C)c1=O. The van der Waals surface area contributed by atoms with E-state index in [9.17, 15) is 9.59 Å². The van der Waals surface area contributed by atoms with E-state index < -0.39 is 0 Å². The van der Waals surface area contributed by atoms with E-state index >= 15 is 0 Å². The minimum absolute atomic E-state index is 0.0633. The van der Waals surface area contributed by atoms with E-state index in [1.54, 1.807) is 7.05 Å². The fourth-order valence-electron chi connectivity index (χ4n) is 1.28. The molecule has 13 heavy (non-hydrogen) atoms. The van der Waals surface area contributed by atoms with Crippen LogP contribution in [0.1, 0.15) is 11.8 Å². The Morgan fingerprint density at radius 3 is 2.54 bits per heavy atom. The van der Waals surface area contributed by atoms with Crippen molar-refractivity contribution in [2.45, 2.75) is 6.10 Å². The third-order valence-corrected chi connectivity index (χ3v) is 2.23. The zero-order chi connectivity index (χ0) is 9.59. The Kier molecular flexibility index (Phi) is 1.63. The molecule has 0 radical (unpaired) electrons. The molecule has 5 heteroatoms. The highest BCUT2D eigenvalue weighted by molar-refractivity contribution is 5.09. The summed E-state index contributed by atoms with van der Waals surface area (Å²) in [5.74, 6) is 0. The third-order valence-electron chi connectivity index (χ3n) is 2.23. The van der Waals surface area contributed by atoms with Crippen LogP contribution in [0.15, 0.2) is 15.7 Å². The van der Waals surface area contributed by atoms with Gasteiger partial charge in [0, 0.05) is 20.2 Å². The molecule has 5 nitrogen and oxygen atoms in total. The normalized spacial score (nSPS) is 20.3. The lowest BCUT2D eigenvalue weighted by molar-refractivity contribution is 0.402.